The fourth-order valence-electron chi connectivity index (χ4n) is 2.92. The number of ether oxygens (including phenoxy) is 2. The number of carbonyl (C=O) groups is 2. The SMILES string of the molecule is COc1ccc2c(n1)c(C(N)=O)cn2C(=O)OC(C)(C)C.OC1CCCCC1. The quantitative estimate of drug-likeness (QED) is 0.812. The zero-order valence-corrected chi connectivity index (χ0v) is 16.9. The van der Waals surface area contributed by atoms with Gasteiger partial charge in [0.15, 0.2) is 0 Å². The van der Waals surface area contributed by atoms with Gasteiger partial charge < -0.3 is 20.3 Å². The third-order valence-electron chi connectivity index (χ3n) is 4.26. The van der Waals surface area contributed by atoms with Gasteiger partial charge in [0, 0.05) is 12.3 Å². The van der Waals surface area contributed by atoms with E-state index in [2.05, 4.69) is 4.98 Å². The largest absolute Gasteiger partial charge is 0.481 e. The first kappa shape index (κ1) is 21.7. The fraction of sp³-hybridized carbons (Fsp3) is 0.550. The average molecular weight is 391 g/mol. The van der Waals surface area contributed by atoms with E-state index in [0.717, 1.165) is 12.8 Å². The highest BCUT2D eigenvalue weighted by Gasteiger charge is 2.23. The van der Waals surface area contributed by atoms with Gasteiger partial charge in [0.25, 0.3) is 5.91 Å². The summed E-state index contributed by atoms with van der Waals surface area (Å²) in [4.78, 5) is 27.9. The van der Waals surface area contributed by atoms with Gasteiger partial charge in [-0.1, -0.05) is 19.3 Å². The summed E-state index contributed by atoms with van der Waals surface area (Å²) in [6.45, 7) is 5.27. The molecule has 0 bridgehead atoms. The van der Waals surface area contributed by atoms with E-state index in [-0.39, 0.29) is 11.7 Å². The number of amides is 1. The van der Waals surface area contributed by atoms with E-state index in [4.69, 9.17) is 20.3 Å². The van der Waals surface area contributed by atoms with Crippen LogP contribution in [-0.2, 0) is 4.74 Å². The molecule has 0 radical (unpaired) electrons. The monoisotopic (exact) mass is 391 g/mol. The minimum absolute atomic E-state index is 0.0359. The van der Waals surface area contributed by atoms with E-state index in [9.17, 15) is 9.59 Å². The number of pyridine rings is 1. The molecule has 28 heavy (non-hydrogen) atoms. The van der Waals surface area contributed by atoms with E-state index in [1.54, 1.807) is 32.9 Å². The Morgan fingerprint density at radius 3 is 2.32 bits per heavy atom. The van der Waals surface area contributed by atoms with Crippen molar-refractivity contribution in [2.75, 3.05) is 7.11 Å². The minimum atomic E-state index is -0.678. The summed E-state index contributed by atoms with van der Waals surface area (Å²) < 4.78 is 11.5. The maximum Gasteiger partial charge on any atom is 0.419 e. The molecule has 2 aromatic heterocycles. The van der Waals surface area contributed by atoms with Gasteiger partial charge in [-0.15, -0.1) is 0 Å². The van der Waals surface area contributed by atoms with Gasteiger partial charge >= 0.3 is 6.09 Å². The maximum absolute atomic E-state index is 12.2. The molecule has 1 aliphatic rings. The molecule has 0 unspecified atom stereocenters. The molecule has 0 spiro atoms. The molecular formula is C20H29N3O5. The third-order valence-corrected chi connectivity index (χ3v) is 4.26. The highest BCUT2D eigenvalue weighted by molar-refractivity contribution is 6.06. The second kappa shape index (κ2) is 9.05. The van der Waals surface area contributed by atoms with Crippen molar-refractivity contribution in [2.45, 2.75) is 64.6 Å². The number of nitrogens with zero attached hydrogens (tertiary/aromatic N) is 2. The van der Waals surface area contributed by atoms with Crippen LogP contribution in [0.2, 0.25) is 0 Å². The molecular weight excluding hydrogens is 362 g/mol. The van der Waals surface area contributed by atoms with Crippen molar-refractivity contribution in [3.8, 4) is 5.88 Å². The van der Waals surface area contributed by atoms with Gasteiger partial charge in [-0.2, -0.15) is 0 Å². The minimum Gasteiger partial charge on any atom is -0.481 e. The Hall–Kier alpha value is -2.61. The van der Waals surface area contributed by atoms with Crippen LogP contribution in [0.4, 0.5) is 4.79 Å². The van der Waals surface area contributed by atoms with Crippen molar-refractivity contribution in [3.63, 3.8) is 0 Å². The summed E-state index contributed by atoms with van der Waals surface area (Å²) in [5.41, 5.74) is 5.54. The Bertz CT molecular complexity index is 832. The maximum atomic E-state index is 12.2. The normalized spacial score (nSPS) is 14.9. The number of methoxy groups -OCH3 is 1. The van der Waals surface area contributed by atoms with Crippen LogP contribution in [0.1, 0.15) is 63.2 Å². The summed E-state index contributed by atoms with van der Waals surface area (Å²) >= 11 is 0. The molecule has 2 aromatic rings. The molecule has 3 rings (SSSR count). The molecule has 1 fully saturated rings. The second-order valence-corrected chi connectivity index (χ2v) is 7.77. The lowest BCUT2D eigenvalue weighted by Gasteiger charge is -2.19. The molecule has 0 atom stereocenters. The molecule has 8 nitrogen and oxygen atoms in total. The van der Waals surface area contributed by atoms with Gasteiger partial charge in [-0.05, 0) is 39.7 Å². The molecule has 0 saturated heterocycles. The van der Waals surface area contributed by atoms with Crippen molar-refractivity contribution < 1.29 is 24.2 Å². The Kier molecular flexibility index (Phi) is 7.01. The van der Waals surface area contributed by atoms with Crippen molar-refractivity contribution >= 4 is 23.0 Å². The molecule has 1 amide bonds. The van der Waals surface area contributed by atoms with E-state index in [0.29, 0.717) is 16.9 Å². The van der Waals surface area contributed by atoms with Gasteiger partial charge in [-0.25, -0.2) is 9.78 Å². The summed E-state index contributed by atoms with van der Waals surface area (Å²) in [5.74, 6) is -0.352. The van der Waals surface area contributed by atoms with E-state index >= 15 is 0 Å². The van der Waals surface area contributed by atoms with Crippen LogP contribution in [0, 0.1) is 0 Å². The number of nitrogens with two attached hydrogens (primary N) is 1. The molecule has 1 aliphatic carbocycles. The molecule has 1 saturated carbocycles. The summed E-state index contributed by atoms with van der Waals surface area (Å²) in [6.07, 6.45) is 6.65. The highest BCUT2D eigenvalue weighted by atomic mass is 16.6. The number of aliphatic hydroxyl groups excluding tert-OH is 1. The number of aliphatic hydroxyl groups is 1. The molecule has 8 heteroatoms. The average Bonchev–Trinajstić information content (AvgIpc) is 3.00. The summed E-state index contributed by atoms with van der Waals surface area (Å²) in [6, 6.07) is 3.21. The van der Waals surface area contributed by atoms with E-state index in [1.165, 1.54) is 37.1 Å². The van der Waals surface area contributed by atoms with E-state index < -0.39 is 17.6 Å². The third kappa shape index (κ3) is 5.69. The summed E-state index contributed by atoms with van der Waals surface area (Å²) in [5, 5.41) is 8.91. The highest BCUT2D eigenvalue weighted by Crippen LogP contribution is 2.23. The number of fused-ring (bicyclic) bond motifs is 1. The predicted octanol–water partition coefficient (Wildman–Crippen LogP) is 3.24. The number of rotatable bonds is 2. The Morgan fingerprint density at radius 1 is 1.21 bits per heavy atom. The van der Waals surface area contributed by atoms with Crippen LogP contribution >= 0.6 is 0 Å². The predicted molar refractivity (Wildman–Crippen MR) is 106 cm³/mol. The van der Waals surface area contributed by atoms with Gasteiger partial charge in [0.1, 0.15) is 11.1 Å². The smallest absolute Gasteiger partial charge is 0.419 e. The van der Waals surface area contributed by atoms with Gasteiger partial charge in [-0.3, -0.25) is 9.36 Å². The van der Waals surface area contributed by atoms with Crippen LogP contribution in [0.15, 0.2) is 18.3 Å². The van der Waals surface area contributed by atoms with Crippen molar-refractivity contribution in [1.29, 1.82) is 0 Å². The molecule has 3 N–H and O–H groups in total. The number of primary amides is 1. The Balaban J connectivity index is 0.000000336. The molecule has 0 aromatic carbocycles. The number of hydrogen-bond donors (Lipinski definition) is 2. The zero-order valence-electron chi connectivity index (χ0n) is 16.9. The fourth-order valence-corrected chi connectivity index (χ4v) is 2.92. The van der Waals surface area contributed by atoms with E-state index in [1.807, 2.05) is 0 Å². The van der Waals surface area contributed by atoms with Crippen LogP contribution < -0.4 is 10.5 Å². The zero-order chi connectivity index (χ0) is 20.9. The van der Waals surface area contributed by atoms with Crippen LogP contribution in [0.5, 0.6) is 5.88 Å². The van der Waals surface area contributed by atoms with Gasteiger partial charge in [0.05, 0.1) is 24.3 Å². The first-order valence-electron chi connectivity index (χ1n) is 9.39. The van der Waals surface area contributed by atoms with Crippen molar-refractivity contribution in [1.82, 2.24) is 9.55 Å². The lowest BCUT2D eigenvalue weighted by atomic mass is 9.98. The van der Waals surface area contributed by atoms with Crippen LogP contribution in [0.3, 0.4) is 0 Å². The van der Waals surface area contributed by atoms with Gasteiger partial charge in [0.2, 0.25) is 5.88 Å². The summed E-state index contributed by atoms with van der Waals surface area (Å²) in [7, 11) is 1.46. The first-order chi connectivity index (χ1) is 13.1. The topological polar surface area (TPSA) is 117 Å². The Morgan fingerprint density at radius 2 is 1.86 bits per heavy atom. The van der Waals surface area contributed by atoms with Crippen molar-refractivity contribution in [2.24, 2.45) is 5.73 Å². The second-order valence-electron chi connectivity index (χ2n) is 7.77. The molecule has 0 aliphatic heterocycles. The van der Waals surface area contributed by atoms with Crippen LogP contribution in [0.25, 0.3) is 11.0 Å². The lowest BCUT2D eigenvalue weighted by molar-refractivity contribution is 0.0544. The lowest BCUT2D eigenvalue weighted by Crippen LogP contribution is -2.26. The first-order valence-corrected chi connectivity index (χ1v) is 9.39. The molecule has 154 valence electrons. The Labute approximate surface area is 164 Å². The number of carbonyl (C=O) groups excluding carboxylic acids is 2. The number of hydrogen-bond acceptors (Lipinski definition) is 6. The number of aromatic nitrogens is 2. The van der Waals surface area contributed by atoms with Crippen LogP contribution in [-0.4, -0.2) is 45.5 Å². The standard InChI is InChI=1S/C14H17N3O4.C6H12O/c1-14(2,3)21-13(19)17-7-8(12(15)18)11-9(17)5-6-10(16-11)20-4;7-6-4-2-1-3-5-6/h5-7H,1-4H3,(H2,15,18);6-7H,1-5H2. The molecule has 2 heterocycles. The van der Waals surface area contributed by atoms with Crippen molar-refractivity contribution in [3.05, 3.63) is 23.9 Å².